The molecule has 1 fully saturated rings. The van der Waals surface area contributed by atoms with E-state index in [0.29, 0.717) is 0 Å². The Bertz CT molecular complexity index is 297. The minimum atomic E-state index is 0.814. The first-order chi connectivity index (χ1) is 7.27. The lowest BCUT2D eigenvalue weighted by molar-refractivity contribution is 0.181. The second-order valence-corrected chi connectivity index (χ2v) is 4.82. The van der Waals surface area contributed by atoms with E-state index in [9.17, 15) is 0 Å². The maximum Gasteiger partial charge on any atom is 0.0386 e. The number of aryl methyl sites for hydroxylation is 1. The van der Waals surface area contributed by atoms with Gasteiger partial charge in [-0.2, -0.15) is 0 Å². The SMILES string of the molecule is CN(Cc1cccn1C)C1CCCCC1. The van der Waals surface area contributed by atoms with E-state index in [4.69, 9.17) is 0 Å². The standard InChI is InChI=1S/C13H22N2/c1-14-10-6-9-13(14)11-15(2)12-7-4-3-5-8-12/h6,9-10,12H,3-5,7-8,11H2,1-2H3. The Balaban J connectivity index is 1.91. The van der Waals surface area contributed by atoms with Crippen LogP contribution in [0.3, 0.4) is 0 Å². The van der Waals surface area contributed by atoms with E-state index in [-0.39, 0.29) is 0 Å². The fraction of sp³-hybridized carbons (Fsp3) is 0.692. The maximum absolute atomic E-state index is 2.52. The average molecular weight is 206 g/mol. The summed E-state index contributed by atoms with van der Waals surface area (Å²) in [6.45, 7) is 1.09. The molecule has 0 saturated heterocycles. The van der Waals surface area contributed by atoms with Crippen LogP contribution in [0.1, 0.15) is 37.8 Å². The third-order valence-corrected chi connectivity index (χ3v) is 3.66. The van der Waals surface area contributed by atoms with Crippen molar-refractivity contribution >= 4 is 0 Å². The van der Waals surface area contributed by atoms with Crippen molar-refractivity contribution in [3.8, 4) is 0 Å². The Kier molecular flexibility index (Phi) is 3.47. The molecule has 1 aromatic rings. The molecule has 0 radical (unpaired) electrons. The van der Waals surface area contributed by atoms with E-state index in [0.717, 1.165) is 12.6 Å². The first-order valence-electron chi connectivity index (χ1n) is 6.08. The van der Waals surface area contributed by atoms with Gasteiger partial charge in [0.2, 0.25) is 0 Å². The molecule has 0 atom stereocenters. The second-order valence-electron chi connectivity index (χ2n) is 4.82. The summed E-state index contributed by atoms with van der Waals surface area (Å²) in [6.07, 6.45) is 9.19. The fourth-order valence-electron chi connectivity index (χ4n) is 2.57. The Labute approximate surface area is 92.9 Å². The van der Waals surface area contributed by atoms with Gasteiger partial charge in [0.1, 0.15) is 0 Å². The van der Waals surface area contributed by atoms with Crippen LogP contribution < -0.4 is 0 Å². The molecule has 0 unspecified atom stereocenters. The van der Waals surface area contributed by atoms with Gasteiger partial charge in [-0.25, -0.2) is 0 Å². The third kappa shape index (κ3) is 2.63. The summed E-state index contributed by atoms with van der Waals surface area (Å²) < 4.78 is 2.22. The summed E-state index contributed by atoms with van der Waals surface area (Å²) >= 11 is 0. The van der Waals surface area contributed by atoms with Crippen molar-refractivity contribution in [3.63, 3.8) is 0 Å². The van der Waals surface area contributed by atoms with E-state index in [1.165, 1.54) is 37.8 Å². The van der Waals surface area contributed by atoms with Gasteiger partial charge >= 0.3 is 0 Å². The lowest BCUT2D eigenvalue weighted by Crippen LogP contribution is -2.33. The van der Waals surface area contributed by atoms with Gasteiger partial charge in [-0.3, -0.25) is 4.90 Å². The minimum Gasteiger partial charge on any atom is -0.353 e. The molecule has 1 heterocycles. The molecule has 0 N–H and O–H groups in total. The monoisotopic (exact) mass is 206 g/mol. The summed E-state index contributed by atoms with van der Waals surface area (Å²) in [5.41, 5.74) is 1.42. The number of aromatic nitrogens is 1. The molecule has 1 aliphatic carbocycles. The Morgan fingerprint density at radius 1 is 1.33 bits per heavy atom. The summed E-state index contributed by atoms with van der Waals surface area (Å²) in [5.74, 6) is 0. The van der Waals surface area contributed by atoms with Gasteiger partial charge < -0.3 is 4.57 Å². The first kappa shape index (κ1) is 10.7. The smallest absolute Gasteiger partial charge is 0.0386 e. The molecule has 0 aromatic carbocycles. The number of hydrogen-bond acceptors (Lipinski definition) is 1. The van der Waals surface area contributed by atoms with Crippen LogP contribution in [0.15, 0.2) is 18.3 Å². The summed E-state index contributed by atoms with van der Waals surface area (Å²) in [4.78, 5) is 2.52. The highest BCUT2D eigenvalue weighted by atomic mass is 15.1. The Morgan fingerprint density at radius 3 is 2.67 bits per heavy atom. The van der Waals surface area contributed by atoms with Gasteiger partial charge in [-0.05, 0) is 32.0 Å². The molecule has 15 heavy (non-hydrogen) atoms. The van der Waals surface area contributed by atoms with Crippen molar-refractivity contribution in [2.75, 3.05) is 7.05 Å². The van der Waals surface area contributed by atoms with Gasteiger partial charge in [0.15, 0.2) is 0 Å². The van der Waals surface area contributed by atoms with Crippen molar-refractivity contribution in [3.05, 3.63) is 24.0 Å². The largest absolute Gasteiger partial charge is 0.353 e. The highest BCUT2D eigenvalue weighted by molar-refractivity contribution is 5.06. The molecule has 2 heteroatoms. The minimum absolute atomic E-state index is 0.814. The summed E-state index contributed by atoms with van der Waals surface area (Å²) in [5, 5.41) is 0. The Morgan fingerprint density at radius 2 is 2.07 bits per heavy atom. The summed E-state index contributed by atoms with van der Waals surface area (Å²) in [6, 6.07) is 5.16. The average Bonchev–Trinajstić information content (AvgIpc) is 2.66. The Hall–Kier alpha value is -0.760. The zero-order valence-corrected chi connectivity index (χ0v) is 9.95. The van der Waals surface area contributed by atoms with Gasteiger partial charge in [-0.1, -0.05) is 19.3 Å². The van der Waals surface area contributed by atoms with Crippen molar-refractivity contribution in [1.82, 2.24) is 9.47 Å². The van der Waals surface area contributed by atoms with Crippen LogP contribution >= 0.6 is 0 Å². The maximum atomic E-state index is 2.52. The van der Waals surface area contributed by atoms with Gasteiger partial charge in [0.25, 0.3) is 0 Å². The van der Waals surface area contributed by atoms with Crippen molar-refractivity contribution in [2.24, 2.45) is 7.05 Å². The lowest BCUT2D eigenvalue weighted by atomic mass is 9.94. The molecule has 1 aromatic heterocycles. The van der Waals surface area contributed by atoms with Crippen LogP contribution in [-0.2, 0) is 13.6 Å². The van der Waals surface area contributed by atoms with Gasteiger partial charge in [0.05, 0.1) is 0 Å². The summed E-state index contributed by atoms with van der Waals surface area (Å²) in [7, 11) is 4.40. The molecule has 0 aliphatic heterocycles. The van der Waals surface area contributed by atoms with E-state index in [1.54, 1.807) is 0 Å². The van der Waals surface area contributed by atoms with Crippen LogP contribution in [0.4, 0.5) is 0 Å². The van der Waals surface area contributed by atoms with Crippen LogP contribution in [0.2, 0.25) is 0 Å². The lowest BCUT2D eigenvalue weighted by Gasteiger charge is -2.31. The molecule has 2 nitrogen and oxygen atoms in total. The number of hydrogen-bond donors (Lipinski definition) is 0. The fourth-order valence-corrected chi connectivity index (χ4v) is 2.57. The van der Waals surface area contributed by atoms with Crippen molar-refractivity contribution in [2.45, 2.75) is 44.7 Å². The molecule has 2 rings (SSSR count). The van der Waals surface area contributed by atoms with Crippen molar-refractivity contribution < 1.29 is 0 Å². The van der Waals surface area contributed by atoms with Crippen LogP contribution in [-0.4, -0.2) is 22.6 Å². The zero-order chi connectivity index (χ0) is 10.7. The molecule has 0 amide bonds. The second kappa shape index (κ2) is 4.84. The highest BCUT2D eigenvalue weighted by Crippen LogP contribution is 2.22. The predicted octanol–water partition coefficient (Wildman–Crippen LogP) is 2.79. The molecule has 84 valence electrons. The normalized spacial score (nSPS) is 18.6. The van der Waals surface area contributed by atoms with Gasteiger partial charge in [0, 0.05) is 31.5 Å². The zero-order valence-electron chi connectivity index (χ0n) is 9.95. The molecule has 1 aliphatic rings. The predicted molar refractivity (Wildman–Crippen MR) is 63.8 cm³/mol. The number of nitrogens with zero attached hydrogens (tertiary/aromatic N) is 2. The molecule has 0 bridgehead atoms. The third-order valence-electron chi connectivity index (χ3n) is 3.66. The molecule has 1 saturated carbocycles. The highest BCUT2D eigenvalue weighted by Gasteiger charge is 2.18. The van der Waals surface area contributed by atoms with Gasteiger partial charge in [-0.15, -0.1) is 0 Å². The molecular formula is C13H22N2. The topological polar surface area (TPSA) is 8.17 Å². The van der Waals surface area contributed by atoms with E-state index in [2.05, 4.69) is 41.9 Å². The first-order valence-corrected chi connectivity index (χ1v) is 6.08. The van der Waals surface area contributed by atoms with Crippen LogP contribution in [0.25, 0.3) is 0 Å². The quantitative estimate of drug-likeness (QED) is 0.738. The van der Waals surface area contributed by atoms with E-state index in [1.807, 2.05) is 0 Å². The van der Waals surface area contributed by atoms with E-state index >= 15 is 0 Å². The number of rotatable bonds is 3. The molecular weight excluding hydrogens is 184 g/mol. The molecule has 0 spiro atoms. The van der Waals surface area contributed by atoms with Crippen LogP contribution in [0, 0.1) is 0 Å². The van der Waals surface area contributed by atoms with Crippen molar-refractivity contribution in [1.29, 1.82) is 0 Å². The van der Waals surface area contributed by atoms with Crippen LogP contribution in [0.5, 0.6) is 0 Å². The van der Waals surface area contributed by atoms with E-state index < -0.39 is 0 Å².